The van der Waals surface area contributed by atoms with E-state index in [1.54, 1.807) is 0 Å². The molecule has 0 unspecified atom stereocenters. The molecule has 2 nitrogen and oxygen atoms in total. The number of nitrogens with zero attached hydrogens (tertiary/aromatic N) is 1. The molecule has 0 saturated carbocycles. The van der Waals surface area contributed by atoms with Crippen LogP contribution in [0.15, 0.2) is 42.6 Å². The maximum absolute atomic E-state index is 5.87. The molecule has 1 aromatic carbocycles. The molecule has 84 valence electrons. The van der Waals surface area contributed by atoms with Gasteiger partial charge in [-0.3, -0.25) is 0 Å². The van der Waals surface area contributed by atoms with Crippen LogP contribution in [-0.2, 0) is 6.42 Å². The third-order valence-electron chi connectivity index (χ3n) is 2.58. The Hall–Kier alpha value is -1.25. The number of aromatic nitrogens is 1. The largest absolute Gasteiger partial charge is 0.330 e. The molecular formula is C13H15ClN2. The van der Waals surface area contributed by atoms with Crippen molar-refractivity contribution in [1.82, 2.24) is 4.57 Å². The molecule has 0 radical (unpaired) electrons. The lowest BCUT2D eigenvalue weighted by Gasteiger charge is -2.08. The van der Waals surface area contributed by atoms with Crippen molar-refractivity contribution in [3.8, 4) is 5.69 Å². The molecule has 0 saturated heterocycles. The van der Waals surface area contributed by atoms with Gasteiger partial charge in [-0.2, -0.15) is 0 Å². The van der Waals surface area contributed by atoms with Crippen LogP contribution in [0.2, 0.25) is 5.02 Å². The van der Waals surface area contributed by atoms with Crippen LogP contribution in [0.25, 0.3) is 5.69 Å². The summed E-state index contributed by atoms with van der Waals surface area (Å²) in [5, 5.41) is 0.763. The van der Waals surface area contributed by atoms with E-state index in [1.165, 1.54) is 5.69 Å². The van der Waals surface area contributed by atoms with Crippen LogP contribution < -0.4 is 5.73 Å². The summed E-state index contributed by atoms with van der Waals surface area (Å²) in [5.74, 6) is 0. The van der Waals surface area contributed by atoms with Crippen molar-refractivity contribution in [2.75, 3.05) is 6.54 Å². The van der Waals surface area contributed by atoms with Gasteiger partial charge in [0.2, 0.25) is 0 Å². The van der Waals surface area contributed by atoms with E-state index in [2.05, 4.69) is 22.9 Å². The zero-order valence-corrected chi connectivity index (χ0v) is 9.82. The second-order valence-corrected chi connectivity index (χ2v) is 4.17. The second kappa shape index (κ2) is 5.19. The van der Waals surface area contributed by atoms with Crippen LogP contribution in [0.5, 0.6) is 0 Å². The lowest BCUT2D eigenvalue weighted by atomic mass is 10.2. The van der Waals surface area contributed by atoms with E-state index in [0.29, 0.717) is 0 Å². The summed E-state index contributed by atoms with van der Waals surface area (Å²) in [6.45, 7) is 0.728. The van der Waals surface area contributed by atoms with E-state index < -0.39 is 0 Å². The maximum atomic E-state index is 5.87. The highest BCUT2D eigenvalue weighted by Crippen LogP contribution is 2.16. The van der Waals surface area contributed by atoms with Gasteiger partial charge in [-0.1, -0.05) is 11.6 Å². The van der Waals surface area contributed by atoms with Gasteiger partial charge < -0.3 is 10.3 Å². The summed E-state index contributed by atoms with van der Waals surface area (Å²) in [5.41, 5.74) is 7.95. The van der Waals surface area contributed by atoms with Gasteiger partial charge in [0.1, 0.15) is 0 Å². The Morgan fingerprint density at radius 2 is 1.88 bits per heavy atom. The Kier molecular flexibility index (Phi) is 3.65. The summed E-state index contributed by atoms with van der Waals surface area (Å²) in [4.78, 5) is 0. The molecule has 0 aliphatic carbocycles. The number of rotatable bonds is 4. The standard InChI is InChI=1S/C13H15ClN2/c14-11-5-7-13(8-6-11)16-10-2-4-12(16)3-1-9-15/h2,4-8,10H,1,3,9,15H2. The van der Waals surface area contributed by atoms with E-state index in [4.69, 9.17) is 17.3 Å². The molecule has 16 heavy (non-hydrogen) atoms. The minimum Gasteiger partial charge on any atom is -0.330 e. The minimum absolute atomic E-state index is 0.728. The lowest BCUT2D eigenvalue weighted by Crippen LogP contribution is -2.04. The van der Waals surface area contributed by atoms with Crippen LogP contribution in [0.4, 0.5) is 0 Å². The van der Waals surface area contributed by atoms with Crippen LogP contribution in [0, 0.1) is 0 Å². The summed E-state index contributed by atoms with van der Waals surface area (Å²) in [6, 6.07) is 12.0. The first-order chi connectivity index (χ1) is 7.81. The Morgan fingerprint density at radius 1 is 1.12 bits per heavy atom. The molecule has 3 heteroatoms. The molecular weight excluding hydrogens is 220 g/mol. The molecule has 0 aliphatic heterocycles. The Bertz CT molecular complexity index is 445. The quantitative estimate of drug-likeness (QED) is 0.866. The molecule has 0 bridgehead atoms. The van der Waals surface area contributed by atoms with Gasteiger partial charge >= 0.3 is 0 Å². The highest BCUT2D eigenvalue weighted by atomic mass is 35.5. The summed E-state index contributed by atoms with van der Waals surface area (Å²) in [7, 11) is 0. The van der Waals surface area contributed by atoms with Gasteiger partial charge in [0.05, 0.1) is 0 Å². The fraction of sp³-hybridized carbons (Fsp3) is 0.231. The van der Waals surface area contributed by atoms with E-state index >= 15 is 0 Å². The third kappa shape index (κ3) is 2.46. The molecule has 0 amide bonds. The topological polar surface area (TPSA) is 30.9 Å². The van der Waals surface area contributed by atoms with Crippen molar-refractivity contribution in [3.05, 3.63) is 53.3 Å². The minimum atomic E-state index is 0.728. The molecule has 2 N–H and O–H groups in total. The number of hydrogen-bond acceptors (Lipinski definition) is 1. The highest BCUT2D eigenvalue weighted by Gasteiger charge is 2.02. The second-order valence-electron chi connectivity index (χ2n) is 3.74. The molecule has 0 atom stereocenters. The van der Waals surface area contributed by atoms with Gasteiger partial charge in [-0.25, -0.2) is 0 Å². The van der Waals surface area contributed by atoms with Crippen molar-refractivity contribution < 1.29 is 0 Å². The van der Waals surface area contributed by atoms with Crippen molar-refractivity contribution in [1.29, 1.82) is 0 Å². The molecule has 1 heterocycles. The lowest BCUT2D eigenvalue weighted by molar-refractivity contribution is 0.789. The number of hydrogen-bond donors (Lipinski definition) is 1. The first-order valence-electron chi connectivity index (χ1n) is 5.43. The zero-order valence-electron chi connectivity index (χ0n) is 9.07. The number of halogens is 1. The maximum Gasteiger partial charge on any atom is 0.0453 e. The Morgan fingerprint density at radius 3 is 2.56 bits per heavy atom. The van der Waals surface area contributed by atoms with Gasteiger partial charge in [-0.15, -0.1) is 0 Å². The SMILES string of the molecule is NCCCc1cccn1-c1ccc(Cl)cc1. The van der Waals surface area contributed by atoms with Crippen LogP contribution in [-0.4, -0.2) is 11.1 Å². The fourth-order valence-electron chi connectivity index (χ4n) is 1.76. The van der Waals surface area contributed by atoms with Crippen molar-refractivity contribution in [3.63, 3.8) is 0 Å². The van der Waals surface area contributed by atoms with Crippen molar-refractivity contribution >= 4 is 11.6 Å². The molecule has 0 aliphatic rings. The Labute approximate surface area is 101 Å². The van der Waals surface area contributed by atoms with Gasteiger partial charge in [-0.05, 0) is 55.8 Å². The first kappa shape index (κ1) is 11.2. The number of nitrogens with two attached hydrogens (primary N) is 1. The Balaban J connectivity index is 2.26. The molecule has 0 spiro atoms. The average Bonchev–Trinajstić information content (AvgIpc) is 2.75. The van der Waals surface area contributed by atoms with E-state index in [-0.39, 0.29) is 0 Å². The molecule has 1 aromatic heterocycles. The average molecular weight is 235 g/mol. The summed E-state index contributed by atoms with van der Waals surface area (Å²) < 4.78 is 2.17. The van der Waals surface area contributed by atoms with Gasteiger partial charge in [0, 0.05) is 22.6 Å². The van der Waals surface area contributed by atoms with Crippen molar-refractivity contribution in [2.24, 2.45) is 5.73 Å². The zero-order chi connectivity index (χ0) is 11.4. The normalized spacial score (nSPS) is 10.6. The summed E-state index contributed by atoms with van der Waals surface area (Å²) in [6.07, 6.45) is 4.08. The predicted molar refractivity (Wildman–Crippen MR) is 68.2 cm³/mol. The number of aryl methyl sites for hydroxylation is 1. The molecule has 0 fully saturated rings. The predicted octanol–water partition coefficient (Wildman–Crippen LogP) is 3.02. The molecule has 2 rings (SSSR count). The van der Waals surface area contributed by atoms with Crippen molar-refractivity contribution in [2.45, 2.75) is 12.8 Å². The third-order valence-corrected chi connectivity index (χ3v) is 2.83. The van der Waals surface area contributed by atoms with E-state index in [9.17, 15) is 0 Å². The van der Waals surface area contributed by atoms with E-state index in [0.717, 1.165) is 30.1 Å². The van der Waals surface area contributed by atoms with Crippen LogP contribution in [0.3, 0.4) is 0 Å². The smallest absolute Gasteiger partial charge is 0.0453 e. The van der Waals surface area contributed by atoms with E-state index in [1.807, 2.05) is 24.3 Å². The highest BCUT2D eigenvalue weighted by molar-refractivity contribution is 6.30. The van der Waals surface area contributed by atoms with Crippen LogP contribution >= 0.6 is 11.6 Å². The number of benzene rings is 1. The fourth-order valence-corrected chi connectivity index (χ4v) is 1.88. The van der Waals surface area contributed by atoms with Gasteiger partial charge in [0.15, 0.2) is 0 Å². The van der Waals surface area contributed by atoms with Gasteiger partial charge in [0.25, 0.3) is 0 Å². The monoisotopic (exact) mass is 234 g/mol. The first-order valence-corrected chi connectivity index (χ1v) is 5.81. The summed E-state index contributed by atoms with van der Waals surface area (Å²) >= 11 is 5.87. The van der Waals surface area contributed by atoms with Crippen LogP contribution in [0.1, 0.15) is 12.1 Å². The molecule has 2 aromatic rings.